The van der Waals surface area contributed by atoms with Crippen LogP contribution >= 0.6 is 0 Å². The molecule has 58 heavy (non-hydrogen) atoms. The van der Waals surface area contributed by atoms with Crippen molar-refractivity contribution in [2.24, 2.45) is 0 Å². The van der Waals surface area contributed by atoms with E-state index in [1.165, 1.54) is 5.39 Å². The minimum Gasteiger partial charge on any atom is -0.310 e. The molecule has 0 spiro atoms. The molecule has 0 N–H and O–H groups in total. The topological polar surface area (TPSA) is 8.17 Å². The highest BCUT2D eigenvalue weighted by molar-refractivity contribution is 6.17. The molecule has 0 aliphatic heterocycles. The van der Waals surface area contributed by atoms with Gasteiger partial charge in [-0.2, -0.15) is 0 Å². The Kier molecular flexibility index (Phi) is 6.57. The number of aromatic nitrogens is 1. The monoisotopic (exact) mass is 745 g/mol. The molecule has 11 rings (SSSR count). The normalized spacial score (nSPS) is 13.1. The summed E-state index contributed by atoms with van der Waals surface area (Å²) < 4.78 is 63.1. The molecular weight excluding hydrogens is 701 g/mol. The predicted octanol–water partition coefficient (Wildman–Crippen LogP) is 15.6. The van der Waals surface area contributed by atoms with Gasteiger partial charge < -0.3 is 9.47 Å². The van der Waals surface area contributed by atoms with Crippen LogP contribution in [0.3, 0.4) is 0 Å². The second-order valence-electron chi connectivity index (χ2n) is 14.4. The van der Waals surface area contributed by atoms with E-state index in [1.54, 1.807) is 0 Å². The molecule has 0 saturated carbocycles. The van der Waals surface area contributed by atoms with Gasteiger partial charge >= 0.3 is 0 Å². The molecule has 2 heteroatoms. The van der Waals surface area contributed by atoms with Crippen molar-refractivity contribution in [3.8, 4) is 39.1 Å². The van der Waals surface area contributed by atoms with Crippen molar-refractivity contribution in [2.75, 3.05) is 4.90 Å². The van der Waals surface area contributed by atoms with Crippen molar-refractivity contribution in [3.05, 3.63) is 230 Å². The molecule has 11 aromatic rings. The lowest BCUT2D eigenvalue weighted by molar-refractivity contribution is 1.20. The predicted molar refractivity (Wildman–Crippen MR) is 247 cm³/mol. The van der Waals surface area contributed by atoms with E-state index in [4.69, 9.17) is 9.60 Å². The first-order valence-corrected chi connectivity index (χ1v) is 19.4. The Bertz CT molecular complexity index is 3680. The van der Waals surface area contributed by atoms with Crippen molar-refractivity contribution in [2.45, 2.75) is 0 Å². The fourth-order valence-corrected chi connectivity index (χ4v) is 8.49. The molecule has 0 fully saturated rings. The molecule has 2 nitrogen and oxygen atoms in total. The lowest BCUT2D eigenvalue weighted by Crippen LogP contribution is -2.11. The largest absolute Gasteiger partial charge is 0.310 e. The van der Waals surface area contributed by atoms with Crippen molar-refractivity contribution in [3.63, 3.8) is 0 Å². The Balaban J connectivity index is 1.14. The SMILES string of the molecule is [2H]c1c([2H])c([2H])c2c(-c3ccc(N(c4cccc(-c5ccccc5)c4)c4ccccc4-c4cccc5c4c4ccccc4n5-c4cccc5ccccc45)cc3)c([2H])c([2H])c([2H])c2c1[2H]. The summed E-state index contributed by atoms with van der Waals surface area (Å²) in [6.45, 7) is 0. The third-order valence-corrected chi connectivity index (χ3v) is 11.1. The molecule has 10 aromatic carbocycles. The van der Waals surface area contributed by atoms with E-state index in [-0.39, 0.29) is 28.4 Å². The number of rotatable bonds is 7. The standard InChI is InChI=1S/C56H38N2/c1-2-16-39(17-3-1)43-22-12-23-45(38-43)57(44-36-34-42(35-37-44)47-28-13-20-40-18-4-6-24-46(40)47)53-30-10-8-26-49(53)50-29-15-33-55-56(50)51-27-9-11-31-54(51)58(55)52-32-14-21-41-19-5-7-25-48(41)52/h1-38H/i4D,6D,13D,18D,20D,24D,28D. The van der Waals surface area contributed by atoms with Gasteiger partial charge in [-0.15, -0.1) is 0 Å². The number of hydrogen-bond donors (Lipinski definition) is 0. The summed E-state index contributed by atoms with van der Waals surface area (Å²) in [5.41, 5.74) is 10.8. The Hall–Kier alpha value is -7.68. The molecule has 1 heterocycles. The van der Waals surface area contributed by atoms with E-state index in [1.807, 2.05) is 48.5 Å². The zero-order valence-corrected chi connectivity index (χ0v) is 31.3. The zero-order valence-electron chi connectivity index (χ0n) is 38.3. The third-order valence-electron chi connectivity index (χ3n) is 11.1. The lowest BCUT2D eigenvalue weighted by atomic mass is 9.96. The lowest BCUT2D eigenvalue weighted by Gasteiger charge is -2.29. The van der Waals surface area contributed by atoms with Crippen LogP contribution in [-0.4, -0.2) is 4.57 Å². The maximum Gasteiger partial charge on any atom is 0.0629 e. The number of anilines is 3. The molecule has 0 saturated heterocycles. The van der Waals surface area contributed by atoms with E-state index in [0.717, 1.165) is 72.2 Å². The van der Waals surface area contributed by atoms with Crippen LogP contribution in [0, 0.1) is 0 Å². The molecule has 0 bridgehead atoms. The smallest absolute Gasteiger partial charge is 0.0629 e. The molecule has 0 aliphatic rings. The van der Waals surface area contributed by atoms with Crippen LogP contribution in [-0.2, 0) is 0 Å². The number of hydrogen-bond acceptors (Lipinski definition) is 1. The highest BCUT2D eigenvalue weighted by Gasteiger charge is 2.22. The second-order valence-corrected chi connectivity index (χ2v) is 14.4. The molecule has 0 atom stereocenters. The van der Waals surface area contributed by atoms with E-state index in [9.17, 15) is 0 Å². The number of para-hydroxylation sites is 2. The van der Waals surface area contributed by atoms with Crippen LogP contribution in [0.2, 0.25) is 0 Å². The molecule has 272 valence electrons. The van der Waals surface area contributed by atoms with Gasteiger partial charge in [-0.3, -0.25) is 0 Å². The average molecular weight is 746 g/mol. The van der Waals surface area contributed by atoms with Crippen molar-refractivity contribution in [1.82, 2.24) is 4.57 Å². The highest BCUT2D eigenvalue weighted by atomic mass is 15.1. The minimum atomic E-state index is -0.477. The van der Waals surface area contributed by atoms with E-state index < -0.39 is 30.2 Å². The van der Waals surface area contributed by atoms with Gasteiger partial charge in [-0.05, 0) is 92.5 Å². The van der Waals surface area contributed by atoms with E-state index in [0.29, 0.717) is 5.56 Å². The van der Waals surface area contributed by atoms with Gasteiger partial charge in [0.05, 0.1) is 32.0 Å². The number of nitrogens with zero attached hydrogens (tertiary/aromatic N) is 2. The van der Waals surface area contributed by atoms with Crippen LogP contribution in [0.5, 0.6) is 0 Å². The average Bonchev–Trinajstić information content (AvgIpc) is 3.69. The van der Waals surface area contributed by atoms with E-state index >= 15 is 0 Å². The summed E-state index contributed by atoms with van der Waals surface area (Å²) in [7, 11) is 0. The highest BCUT2D eigenvalue weighted by Crippen LogP contribution is 2.46. The summed E-state index contributed by atoms with van der Waals surface area (Å²) in [6, 6.07) is 62.0. The summed E-state index contributed by atoms with van der Waals surface area (Å²) in [4.78, 5) is 2.23. The van der Waals surface area contributed by atoms with Gasteiger partial charge in [0.15, 0.2) is 0 Å². The Morgan fingerprint density at radius 3 is 1.97 bits per heavy atom. The fourth-order valence-electron chi connectivity index (χ4n) is 8.49. The quantitative estimate of drug-likeness (QED) is 0.158. The minimum absolute atomic E-state index is 0.0586. The summed E-state index contributed by atoms with van der Waals surface area (Å²) in [6.07, 6.45) is 0. The van der Waals surface area contributed by atoms with Crippen molar-refractivity contribution >= 4 is 60.4 Å². The Morgan fingerprint density at radius 1 is 0.379 bits per heavy atom. The van der Waals surface area contributed by atoms with Crippen LogP contribution in [0.15, 0.2) is 230 Å². The zero-order chi connectivity index (χ0) is 44.5. The first-order valence-electron chi connectivity index (χ1n) is 22.9. The summed E-state index contributed by atoms with van der Waals surface area (Å²) >= 11 is 0. The summed E-state index contributed by atoms with van der Waals surface area (Å²) in [5, 5.41) is 4.58. The van der Waals surface area contributed by atoms with Gasteiger partial charge in [-0.1, -0.05) is 182 Å². The van der Waals surface area contributed by atoms with Crippen LogP contribution in [0.25, 0.3) is 82.4 Å². The Morgan fingerprint density at radius 2 is 1.05 bits per heavy atom. The molecule has 0 amide bonds. The van der Waals surface area contributed by atoms with Crippen LogP contribution in [0.1, 0.15) is 9.60 Å². The Labute approximate surface area is 348 Å². The van der Waals surface area contributed by atoms with Crippen molar-refractivity contribution in [1.29, 1.82) is 0 Å². The van der Waals surface area contributed by atoms with Gasteiger partial charge in [0.1, 0.15) is 0 Å². The van der Waals surface area contributed by atoms with Crippen LogP contribution < -0.4 is 4.90 Å². The molecule has 0 unspecified atom stereocenters. The van der Waals surface area contributed by atoms with Gasteiger partial charge in [-0.25, -0.2) is 0 Å². The maximum absolute atomic E-state index is 9.03. The second kappa shape index (κ2) is 14.1. The number of benzene rings is 10. The molecular formula is C56H38N2. The van der Waals surface area contributed by atoms with Crippen molar-refractivity contribution < 1.29 is 9.60 Å². The van der Waals surface area contributed by atoms with Gasteiger partial charge in [0.25, 0.3) is 0 Å². The molecule has 0 aliphatic carbocycles. The first-order chi connectivity index (χ1) is 31.7. The first kappa shape index (κ1) is 27.0. The summed E-state index contributed by atoms with van der Waals surface area (Å²) in [5.74, 6) is 0. The van der Waals surface area contributed by atoms with Gasteiger partial charge in [0.2, 0.25) is 0 Å². The van der Waals surface area contributed by atoms with E-state index in [2.05, 4.69) is 149 Å². The fraction of sp³-hybridized carbons (Fsp3) is 0. The number of fused-ring (bicyclic) bond motifs is 5. The third kappa shape index (κ3) is 5.66. The van der Waals surface area contributed by atoms with Gasteiger partial charge in [0, 0.05) is 33.1 Å². The maximum atomic E-state index is 9.03. The molecule has 0 radical (unpaired) electrons. The molecule has 1 aromatic heterocycles. The van der Waals surface area contributed by atoms with Crippen LogP contribution in [0.4, 0.5) is 17.1 Å².